The predicted molar refractivity (Wildman–Crippen MR) is 36.2 cm³/mol. The molecule has 2 heteroatoms. The van der Waals surface area contributed by atoms with Gasteiger partial charge in [0.05, 0.1) is 0 Å². The van der Waals surface area contributed by atoms with Crippen molar-refractivity contribution in [3.05, 3.63) is 0 Å². The summed E-state index contributed by atoms with van der Waals surface area (Å²) in [5.74, 6) is 0.966. The van der Waals surface area contributed by atoms with Gasteiger partial charge in [-0.05, 0) is 12.3 Å². The summed E-state index contributed by atoms with van der Waals surface area (Å²) in [7, 11) is 0. The van der Waals surface area contributed by atoms with E-state index < -0.39 is 0 Å². The zero-order valence-corrected chi connectivity index (χ0v) is 5.62. The lowest BCUT2D eigenvalue weighted by Crippen LogP contribution is -1.70. The van der Waals surface area contributed by atoms with Gasteiger partial charge in [0, 0.05) is 5.25 Å². The third-order valence-electron chi connectivity index (χ3n) is 1.41. The monoisotopic (exact) mass is 119 g/mol. The molecule has 44 valence electrons. The molecular formula is C5H13NS. The Bertz CT molecular complexity index is 54.0. The lowest BCUT2D eigenvalue weighted by atomic mass is 10.3. The summed E-state index contributed by atoms with van der Waals surface area (Å²) in [4.78, 5) is 0. The van der Waals surface area contributed by atoms with E-state index in [0.717, 1.165) is 11.2 Å². The van der Waals surface area contributed by atoms with Crippen molar-refractivity contribution in [1.82, 2.24) is 6.15 Å². The molecule has 1 saturated carbocycles. The molecule has 7 heavy (non-hydrogen) atoms. The molecular weight excluding hydrogens is 106 g/mol. The van der Waals surface area contributed by atoms with Crippen LogP contribution in [0.4, 0.5) is 0 Å². The molecule has 0 radical (unpaired) electrons. The third kappa shape index (κ3) is 1.70. The lowest BCUT2D eigenvalue weighted by Gasteiger charge is -1.78. The van der Waals surface area contributed by atoms with Crippen LogP contribution in [0.5, 0.6) is 0 Å². The van der Waals surface area contributed by atoms with E-state index in [0.29, 0.717) is 0 Å². The molecule has 0 spiro atoms. The maximum Gasteiger partial charge on any atom is 0.00484 e. The van der Waals surface area contributed by atoms with Gasteiger partial charge in [-0.1, -0.05) is 13.3 Å². The van der Waals surface area contributed by atoms with E-state index in [4.69, 9.17) is 0 Å². The fraction of sp³-hybridized carbons (Fsp3) is 1.00. The zero-order valence-electron chi connectivity index (χ0n) is 4.72. The molecule has 0 aromatic rings. The normalized spacial score (nSPS) is 36.9. The number of rotatable bonds is 1. The summed E-state index contributed by atoms with van der Waals surface area (Å²) >= 11 is 4.25. The minimum absolute atomic E-state index is 0. The van der Waals surface area contributed by atoms with Gasteiger partial charge in [-0.2, -0.15) is 12.6 Å². The predicted octanol–water partition coefficient (Wildman–Crippen LogP) is 1.88. The van der Waals surface area contributed by atoms with Crippen molar-refractivity contribution < 1.29 is 0 Å². The van der Waals surface area contributed by atoms with Gasteiger partial charge in [0.1, 0.15) is 0 Å². The van der Waals surface area contributed by atoms with Crippen molar-refractivity contribution in [1.29, 1.82) is 0 Å². The molecule has 1 aliphatic carbocycles. The van der Waals surface area contributed by atoms with Gasteiger partial charge in [0.2, 0.25) is 0 Å². The summed E-state index contributed by atoms with van der Waals surface area (Å²) in [5, 5.41) is 0.759. The molecule has 3 N–H and O–H groups in total. The number of hydrogen-bond donors (Lipinski definition) is 2. The van der Waals surface area contributed by atoms with Gasteiger partial charge in [-0.3, -0.25) is 0 Å². The van der Waals surface area contributed by atoms with Gasteiger partial charge >= 0.3 is 0 Å². The van der Waals surface area contributed by atoms with Crippen LogP contribution < -0.4 is 6.15 Å². The van der Waals surface area contributed by atoms with E-state index in [1.807, 2.05) is 0 Å². The Labute approximate surface area is 50.5 Å². The standard InChI is InChI=1S/C5H10S.H3N/c1-2-4-3-5(4)6;/h4-6H,2-3H2,1H3;1H3. The maximum absolute atomic E-state index is 4.25. The van der Waals surface area contributed by atoms with Crippen LogP contribution in [0.15, 0.2) is 0 Å². The first-order valence-corrected chi connectivity index (χ1v) is 3.04. The average molecular weight is 119 g/mol. The summed E-state index contributed by atoms with van der Waals surface area (Å²) < 4.78 is 0. The van der Waals surface area contributed by atoms with Crippen LogP contribution in [0.3, 0.4) is 0 Å². The van der Waals surface area contributed by atoms with Gasteiger partial charge in [0.15, 0.2) is 0 Å². The first-order valence-electron chi connectivity index (χ1n) is 2.52. The minimum atomic E-state index is 0. The van der Waals surface area contributed by atoms with Crippen molar-refractivity contribution in [2.75, 3.05) is 0 Å². The zero-order chi connectivity index (χ0) is 4.57. The molecule has 2 unspecified atom stereocenters. The molecule has 0 aliphatic heterocycles. The van der Waals surface area contributed by atoms with E-state index in [1.165, 1.54) is 12.8 Å². The van der Waals surface area contributed by atoms with Crippen LogP contribution >= 0.6 is 12.6 Å². The fourth-order valence-electron chi connectivity index (χ4n) is 0.670. The highest BCUT2D eigenvalue weighted by Crippen LogP contribution is 2.37. The summed E-state index contributed by atoms with van der Waals surface area (Å²) in [5.41, 5.74) is 0. The second-order valence-electron chi connectivity index (χ2n) is 1.97. The molecule has 2 atom stereocenters. The Morgan fingerprint density at radius 2 is 2.14 bits per heavy atom. The highest BCUT2D eigenvalue weighted by Gasteiger charge is 2.30. The third-order valence-corrected chi connectivity index (χ3v) is 2.04. The summed E-state index contributed by atoms with van der Waals surface area (Å²) in [6, 6.07) is 0. The van der Waals surface area contributed by atoms with E-state index in [1.54, 1.807) is 0 Å². The van der Waals surface area contributed by atoms with E-state index in [9.17, 15) is 0 Å². The Hall–Kier alpha value is 0.310. The van der Waals surface area contributed by atoms with Crippen LogP contribution in [0.25, 0.3) is 0 Å². The second kappa shape index (κ2) is 2.58. The highest BCUT2D eigenvalue weighted by molar-refractivity contribution is 7.81. The quantitative estimate of drug-likeness (QED) is 0.508. The van der Waals surface area contributed by atoms with Crippen molar-refractivity contribution >= 4 is 12.6 Å². The van der Waals surface area contributed by atoms with Gasteiger partial charge in [-0.15, -0.1) is 0 Å². The molecule has 0 amide bonds. The topological polar surface area (TPSA) is 35.0 Å². The SMILES string of the molecule is CCC1CC1S.N. The molecule has 0 aromatic heterocycles. The molecule has 1 rings (SSSR count). The van der Waals surface area contributed by atoms with Crippen molar-refractivity contribution in [3.8, 4) is 0 Å². The largest absolute Gasteiger partial charge is 0.344 e. The van der Waals surface area contributed by atoms with Crippen LogP contribution in [0, 0.1) is 5.92 Å². The molecule has 1 fully saturated rings. The maximum atomic E-state index is 4.25. The molecule has 0 aromatic carbocycles. The first-order chi connectivity index (χ1) is 2.84. The minimum Gasteiger partial charge on any atom is -0.344 e. The van der Waals surface area contributed by atoms with Crippen LogP contribution in [0.2, 0.25) is 0 Å². The van der Waals surface area contributed by atoms with E-state index >= 15 is 0 Å². The Morgan fingerprint density at radius 1 is 1.71 bits per heavy atom. The van der Waals surface area contributed by atoms with Crippen molar-refractivity contribution in [2.45, 2.75) is 25.0 Å². The molecule has 1 aliphatic rings. The lowest BCUT2D eigenvalue weighted by molar-refractivity contribution is 0.804. The summed E-state index contributed by atoms with van der Waals surface area (Å²) in [6.45, 7) is 2.22. The number of hydrogen-bond acceptors (Lipinski definition) is 2. The second-order valence-corrected chi connectivity index (χ2v) is 2.63. The Morgan fingerprint density at radius 3 is 2.14 bits per heavy atom. The van der Waals surface area contributed by atoms with Gasteiger partial charge in [-0.25, -0.2) is 0 Å². The first kappa shape index (κ1) is 7.31. The van der Waals surface area contributed by atoms with Crippen molar-refractivity contribution in [3.63, 3.8) is 0 Å². The number of thiol groups is 1. The van der Waals surface area contributed by atoms with Crippen LogP contribution in [0.1, 0.15) is 19.8 Å². The average Bonchev–Trinajstić information content (AvgIpc) is 2.19. The van der Waals surface area contributed by atoms with Crippen molar-refractivity contribution in [2.24, 2.45) is 5.92 Å². The van der Waals surface area contributed by atoms with Gasteiger partial charge in [0.25, 0.3) is 0 Å². The Balaban J connectivity index is 0.000000360. The Kier molecular flexibility index (Phi) is 2.69. The molecule has 0 saturated heterocycles. The van der Waals surface area contributed by atoms with E-state index in [2.05, 4.69) is 19.6 Å². The summed E-state index contributed by atoms with van der Waals surface area (Å²) in [6.07, 6.45) is 2.69. The van der Waals surface area contributed by atoms with E-state index in [-0.39, 0.29) is 6.15 Å². The fourth-order valence-corrected chi connectivity index (χ4v) is 1.15. The molecule has 0 bridgehead atoms. The van der Waals surface area contributed by atoms with Gasteiger partial charge < -0.3 is 6.15 Å². The molecule has 1 nitrogen and oxygen atoms in total. The van der Waals surface area contributed by atoms with Crippen LogP contribution in [-0.4, -0.2) is 5.25 Å². The molecule has 0 heterocycles. The van der Waals surface area contributed by atoms with Crippen LogP contribution in [-0.2, 0) is 0 Å². The smallest absolute Gasteiger partial charge is 0.00484 e. The highest BCUT2D eigenvalue weighted by atomic mass is 32.1.